The fraction of sp³-hybridized carbons (Fsp3) is 0.200. The van der Waals surface area contributed by atoms with Gasteiger partial charge in [0.1, 0.15) is 5.75 Å². The molecule has 0 radical (unpaired) electrons. The number of nitrogens with one attached hydrogen (secondary N) is 1. The minimum absolute atomic E-state index is 0.234. The van der Waals surface area contributed by atoms with Gasteiger partial charge in [0.05, 0.1) is 18.5 Å². The number of carbonyl (C=O) groups excluding carboxylic acids is 1. The third-order valence-electron chi connectivity index (χ3n) is 3.98. The smallest absolute Gasteiger partial charge is 0.328 e. The van der Waals surface area contributed by atoms with Gasteiger partial charge >= 0.3 is 6.03 Å². The Kier molecular flexibility index (Phi) is 5.53. The SMILES string of the molecule is CCN(C(=O)Nc1ccccc1OC)c1nc(-c2ccc(C)cc2)cs1. The number of amides is 2. The molecule has 0 aliphatic rings. The standard InChI is InChI=1S/C20H21N3O2S/c1-4-23(19(24)21-16-7-5-6-8-18(16)25-3)20-22-17(13-26-20)15-11-9-14(2)10-12-15/h5-13H,4H2,1-3H3,(H,21,24). The Hall–Kier alpha value is -2.86. The fourth-order valence-corrected chi connectivity index (χ4v) is 3.44. The molecule has 0 saturated carbocycles. The van der Waals surface area contributed by atoms with Gasteiger partial charge in [0.25, 0.3) is 0 Å². The number of methoxy groups -OCH3 is 1. The number of hydrogen-bond acceptors (Lipinski definition) is 4. The molecular formula is C20H21N3O2S. The predicted octanol–water partition coefficient (Wildman–Crippen LogP) is 5.19. The lowest BCUT2D eigenvalue weighted by molar-refractivity contribution is 0.257. The van der Waals surface area contributed by atoms with Crippen LogP contribution in [0.2, 0.25) is 0 Å². The molecule has 0 atom stereocenters. The second-order valence-electron chi connectivity index (χ2n) is 5.76. The molecule has 2 aromatic carbocycles. The number of benzene rings is 2. The maximum atomic E-state index is 12.7. The van der Waals surface area contributed by atoms with Gasteiger partial charge in [0.2, 0.25) is 0 Å². The number of nitrogens with zero attached hydrogens (tertiary/aromatic N) is 2. The van der Waals surface area contributed by atoms with E-state index in [-0.39, 0.29) is 6.03 Å². The number of thiazole rings is 1. The van der Waals surface area contributed by atoms with Gasteiger partial charge in [0, 0.05) is 17.5 Å². The molecule has 5 nitrogen and oxygen atoms in total. The molecule has 1 heterocycles. The van der Waals surface area contributed by atoms with Gasteiger partial charge in [-0.3, -0.25) is 4.90 Å². The Balaban J connectivity index is 1.80. The van der Waals surface area contributed by atoms with E-state index in [0.29, 0.717) is 23.1 Å². The summed E-state index contributed by atoms with van der Waals surface area (Å²) in [5.41, 5.74) is 3.75. The third-order valence-corrected chi connectivity index (χ3v) is 4.84. The van der Waals surface area contributed by atoms with Crippen molar-refractivity contribution in [1.82, 2.24) is 4.98 Å². The quantitative estimate of drug-likeness (QED) is 0.675. The fourth-order valence-electron chi connectivity index (χ4n) is 2.54. The maximum Gasteiger partial charge on any atom is 0.328 e. The lowest BCUT2D eigenvalue weighted by atomic mass is 10.1. The number of aromatic nitrogens is 1. The zero-order valence-corrected chi connectivity index (χ0v) is 15.8. The zero-order chi connectivity index (χ0) is 18.5. The van der Waals surface area contributed by atoms with Crippen molar-refractivity contribution in [1.29, 1.82) is 0 Å². The van der Waals surface area contributed by atoms with Crippen LogP contribution in [-0.2, 0) is 0 Å². The van der Waals surface area contributed by atoms with Crippen LogP contribution in [0.15, 0.2) is 53.9 Å². The lowest BCUT2D eigenvalue weighted by Gasteiger charge is -2.19. The molecule has 6 heteroatoms. The van der Waals surface area contributed by atoms with Crippen LogP contribution in [0.4, 0.5) is 15.6 Å². The summed E-state index contributed by atoms with van der Waals surface area (Å²) >= 11 is 1.45. The minimum Gasteiger partial charge on any atom is -0.495 e. The molecule has 0 bridgehead atoms. The summed E-state index contributed by atoms with van der Waals surface area (Å²) in [6.07, 6.45) is 0. The molecule has 3 aromatic rings. The van der Waals surface area contributed by atoms with Crippen LogP contribution in [0.25, 0.3) is 11.3 Å². The summed E-state index contributed by atoms with van der Waals surface area (Å²) in [6, 6.07) is 15.3. The number of hydrogen-bond donors (Lipinski definition) is 1. The van der Waals surface area contributed by atoms with E-state index in [1.165, 1.54) is 16.9 Å². The number of aryl methyl sites for hydroxylation is 1. The van der Waals surface area contributed by atoms with Crippen LogP contribution in [0, 0.1) is 6.92 Å². The highest BCUT2D eigenvalue weighted by molar-refractivity contribution is 7.14. The summed E-state index contributed by atoms with van der Waals surface area (Å²) in [7, 11) is 1.58. The van der Waals surface area contributed by atoms with Crippen LogP contribution >= 0.6 is 11.3 Å². The van der Waals surface area contributed by atoms with Crippen LogP contribution in [0.1, 0.15) is 12.5 Å². The van der Waals surface area contributed by atoms with Crippen molar-refractivity contribution >= 4 is 28.2 Å². The summed E-state index contributed by atoms with van der Waals surface area (Å²) in [5, 5.41) is 5.53. The molecule has 0 aliphatic heterocycles. The van der Waals surface area contributed by atoms with Gasteiger partial charge in [-0.1, -0.05) is 42.0 Å². The van der Waals surface area contributed by atoms with Crippen LogP contribution in [0.3, 0.4) is 0 Å². The molecule has 1 aromatic heterocycles. The Morgan fingerprint density at radius 2 is 1.92 bits per heavy atom. The predicted molar refractivity (Wildman–Crippen MR) is 107 cm³/mol. The normalized spacial score (nSPS) is 10.4. The summed E-state index contributed by atoms with van der Waals surface area (Å²) in [6.45, 7) is 4.49. The summed E-state index contributed by atoms with van der Waals surface area (Å²) in [5.74, 6) is 0.622. The Morgan fingerprint density at radius 1 is 1.19 bits per heavy atom. The van der Waals surface area contributed by atoms with Crippen molar-refractivity contribution in [2.75, 3.05) is 23.9 Å². The average molecular weight is 367 g/mol. The number of anilines is 2. The number of rotatable bonds is 5. The van der Waals surface area contributed by atoms with Gasteiger partial charge < -0.3 is 10.1 Å². The Morgan fingerprint density at radius 3 is 2.62 bits per heavy atom. The van der Waals surface area contributed by atoms with E-state index < -0.39 is 0 Å². The summed E-state index contributed by atoms with van der Waals surface area (Å²) < 4.78 is 5.29. The van der Waals surface area contributed by atoms with Gasteiger partial charge in [-0.2, -0.15) is 0 Å². The topological polar surface area (TPSA) is 54.5 Å². The molecule has 0 fully saturated rings. The van der Waals surface area contributed by atoms with Gasteiger partial charge in [-0.25, -0.2) is 9.78 Å². The van der Waals surface area contributed by atoms with Crippen molar-refractivity contribution in [3.8, 4) is 17.0 Å². The van der Waals surface area contributed by atoms with Crippen molar-refractivity contribution < 1.29 is 9.53 Å². The molecule has 1 N–H and O–H groups in total. The molecule has 0 saturated heterocycles. The maximum absolute atomic E-state index is 12.7. The van der Waals surface area contributed by atoms with E-state index >= 15 is 0 Å². The van der Waals surface area contributed by atoms with E-state index in [1.807, 2.05) is 48.7 Å². The van der Waals surface area contributed by atoms with Crippen LogP contribution in [-0.4, -0.2) is 24.7 Å². The first-order valence-corrected chi connectivity index (χ1v) is 9.24. The van der Waals surface area contributed by atoms with Crippen molar-refractivity contribution in [3.05, 3.63) is 59.5 Å². The molecule has 0 aliphatic carbocycles. The molecular weight excluding hydrogens is 346 g/mol. The van der Waals surface area contributed by atoms with Crippen molar-refractivity contribution in [2.24, 2.45) is 0 Å². The highest BCUT2D eigenvalue weighted by Crippen LogP contribution is 2.29. The minimum atomic E-state index is -0.234. The number of carbonyl (C=O) groups is 1. The average Bonchev–Trinajstić information content (AvgIpc) is 3.13. The summed E-state index contributed by atoms with van der Waals surface area (Å²) in [4.78, 5) is 19.0. The first-order chi connectivity index (χ1) is 12.6. The third kappa shape index (κ3) is 3.86. The Labute approximate surface area is 157 Å². The van der Waals surface area contributed by atoms with Gasteiger partial charge in [-0.15, -0.1) is 11.3 Å². The van der Waals surface area contributed by atoms with Gasteiger partial charge in [0.15, 0.2) is 5.13 Å². The molecule has 26 heavy (non-hydrogen) atoms. The number of ether oxygens (including phenoxy) is 1. The van der Waals surface area contributed by atoms with Gasteiger partial charge in [-0.05, 0) is 26.0 Å². The monoisotopic (exact) mass is 367 g/mol. The highest BCUT2D eigenvalue weighted by atomic mass is 32.1. The van der Waals surface area contributed by atoms with Crippen LogP contribution < -0.4 is 15.0 Å². The van der Waals surface area contributed by atoms with E-state index in [1.54, 1.807) is 12.0 Å². The molecule has 3 rings (SSSR count). The lowest BCUT2D eigenvalue weighted by Crippen LogP contribution is -2.34. The first kappa shape index (κ1) is 17.9. The number of urea groups is 1. The zero-order valence-electron chi connectivity index (χ0n) is 15.0. The first-order valence-electron chi connectivity index (χ1n) is 8.36. The highest BCUT2D eigenvalue weighted by Gasteiger charge is 2.19. The molecule has 0 unspecified atom stereocenters. The number of para-hydroxylation sites is 2. The van der Waals surface area contributed by atoms with E-state index in [9.17, 15) is 4.79 Å². The largest absolute Gasteiger partial charge is 0.495 e. The van der Waals surface area contributed by atoms with E-state index in [4.69, 9.17) is 4.74 Å². The van der Waals surface area contributed by atoms with E-state index in [2.05, 4.69) is 29.4 Å². The van der Waals surface area contributed by atoms with E-state index in [0.717, 1.165) is 11.3 Å². The van der Waals surface area contributed by atoms with Crippen LogP contribution in [0.5, 0.6) is 5.75 Å². The second kappa shape index (κ2) is 8.01. The molecule has 2 amide bonds. The second-order valence-corrected chi connectivity index (χ2v) is 6.59. The van der Waals surface area contributed by atoms with Crippen molar-refractivity contribution in [2.45, 2.75) is 13.8 Å². The molecule has 0 spiro atoms. The molecule has 134 valence electrons. The Bertz CT molecular complexity index is 890. The van der Waals surface area contributed by atoms with Crippen molar-refractivity contribution in [3.63, 3.8) is 0 Å².